The van der Waals surface area contributed by atoms with Crippen molar-refractivity contribution in [2.24, 2.45) is 0 Å². The molecule has 0 saturated carbocycles. The first-order valence-corrected chi connectivity index (χ1v) is 12.6. The number of ether oxygens (including phenoxy) is 1. The quantitative estimate of drug-likeness (QED) is 0.275. The zero-order valence-corrected chi connectivity index (χ0v) is 21.8. The molecule has 0 unspecified atom stereocenters. The molecule has 0 spiro atoms. The van der Waals surface area contributed by atoms with Crippen LogP contribution in [0.15, 0.2) is 65.8 Å². The summed E-state index contributed by atoms with van der Waals surface area (Å²) in [6.07, 6.45) is 5.07. The van der Waals surface area contributed by atoms with Crippen molar-refractivity contribution in [3.8, 4) is 0 Å². The predicted octanol–water partition coefficient (Wildman–Crippen LogP) is 6.28. The molecule has 0 atom stereocenters. The van der Waals surface area contributed by atoms with Crippen LogP contribution in [0.1, 0.15) is 43.0 Å². The number of benzene rings is 2. The van der Waals surface area contributed by atoms with Crippen LogP contribution in [0.5, 0.6) is 0 Å². The Balaban J connectivity index is 1.68. The van der Waals surface area contributed by atoms with Gasteiger partial charge in [-0.3, -0.25) is 0 Å². The van der Waals surface area contributed by atoms with Gasteiger partial charge in [0.05, 0.1) is 6.61 Å². The second kappa shape index (κ2) is 12.4. The lowest BCUT2D eigenvalue weighted by Gasteiger charge is -2.23. The molecular formula is C27H30F3N3O3S. The fourth-order valence-electron chi connectivity index (χ4n) is 3.35. The molecule has 3 rings (SSSR count). The molecule has 0 fully saturated rings. The summed E-state index contributed by atoms with van der Waals surface area (Å²) in [7, 11) is 0. The fourth-order valence-corrected chi connectivity index (χ4v) is 3.89. The van der Waals surface area contributed by atoms with Crippen LogP contribution in [0.3, 0.4) is 0 Å². The highest BCUT2D eigenvalue weighted by molar-refractivity contribution is 8.00. The SMILES string of the molecule is CCc1cnc(N(CCc2ccc(COC(C)(C)C(=O)O)cc2)Cc2ccc(SC(F)(F)F)cc2)nc1. The van der Waals surface area contributed by atoms with Gasteiger partial charge in [-0.25, -0.2) is 14.8 Å². The van der Waals surface area contributed by atoms with Crippen molar-refractivity contribution in [2.75, 3.05) is 11.4 Å². The summed E-state index contributed by atoms with van der Waals surface area (Å²) >= 11 is -0.133. The maximum absolute atomic E-state index is 12.7. The molecule has 6 nitrogen and oxygen atoms in total. The predicted molar refractivity (Wildman–Crippen MR) is 137 cm³/mol. The summed E-state index contributed by atoms with van der Waals surface area (Å²) in [5.41, 5.74) is -1.80. The van der Waals surface area contributed by atoms with E-state index >= 15 is 0 Å². The van der Waals surface area contributed by atoms with Crippen LogP contribution >= 0.6 is 11.8 Å². The van der Waals surface area contributed by atoms with Crippen molar-refractivity contribution < 1.29 is 27.8 Å². The fraction of sp³-hybridized carbons (Fsp3) is 0.370. The third-order valence-corrected chi connectivity index (χ3v) is 6.46. The van der Waals surface area contributed by atoms with E-state index in [1.165, 1.54) is 26.0 Å². The molecule has 0 saturated heterocycles. The number of aryl methyl sites for hydroxylation is 1. The average Bonchev–Trinajstić information content (AvgIpc) is 2.86. The van der Waals surface area contributed by atoms with Gasteiger partial charge < -0.3 is 14.7 Å². The first-order chi connectivity index (χ1) is 17.4. The second-order valence-corrected chi connectivity index (χ2v) is 10.2. The zero-order chi connectivity index (χ0) is 27.1. The third kappa shape index (κ3) is 9.05. The number of halogens is 3. The van der Waals surface area contributed by atoms with Crippen molar-refractivity contribution in [1.29, 1.82) is 0 Å². The van der Waals surface area contributed by atoms with Gasteiger partial charge in [-0.15, -0.1) is 0 Å². The van der Waals surface area contributed by atoms with Crippen molar-refractivity contribution in [3.63, 3.8) is 0 Å². The number of carbonyl (C=O) groups is 1. The van der Waals surface area contributed by atoms with Gasteiger partial charge >= 0.3 is 11.5 Å². The summed E-state index contributed by atoms with van der Waals surface area (Å²) in [5.74, 6) is -0.473. The van der Waals surface area contributed by atoms with Gasteiger partial charge in [-0.2, -0.15) is 13.2 Å². The molecule has 0 amide bonds. The summed E-state index contributed by atoms with van der Waals surface area (Å²) in [5, 5.41) is 9.19. The highest BCUT2D eigenvalue weighted by atomic mass is 32.2. The van der Waals surface area contributed by atoms with Crippen LogP contribution in [0.2, 0.25) is 0 Å². The molecule has 198 valence electrons. The van der Waals surface area contributed by atoms with E-state index in [9.17, 15) is 23.1 Å². The van der Waals surface area contributed by atoms with Crippen molar-refractivity contribution in [3.05, 3.63) is 83.2 Å². The van der Waals surface area contributed by atoms with E-state index < -0.39 is 17.1 Å². The maximum Gasteiger partial charge on any atom is 0.446 e. The van der Waals surface area contributed by atoms with E-state index in [2.05, 4.69) is 9.97 Å². The summed E-state index contributed by atoms with van der Waals surface area (Å²) in [6, 6.07) is 14.1. The Morgan fingerprint density at radius 2 is 1.51 bits per heavy atom. The summed E-state index contributed by atoms with van der Waals surface area (Å²) in [4.78, 5) is 22.3. The van der Waals surface area contributed by atoms with Gasteiger partial charge in [-0.1, -0.05) is 43.3 Å². The Hall–Kier alpha value is -3.11. The number of anilines is 1. The number of thioether (sulfide) groups is 1. The maximum atomic E-state index is 12.7. The van der Waals surface area contributed by atoms with Crippen LogP contribution in [-0.4, -0.2) is 38.7 Å². The number of alkyl halides is 3. The Morgan fingerprint density at radius 3 is 2.05 bits per heavy atom. The topological polar surface area (TPSA) is 75.6 Å². The lowest BCUT2D eigenvalue weighted by molar-refractivity contribution is -0.162. The number of aliphatic carboxylic acids is 1. The molecule has 0 bridgehead atoms. The minimum absolute atomic E-state index is 0.133. The number of hydrogen-bond acceptors (Lipinski definition) is 6. The number of carboxylic acid groups (broad SMARTS) is 1. The molecule has 0 aliphatic carbocycles. The molecule has 0 aliphatic rings. The van der Waals surface area contributed by atoms with E-state index in [1.54, 1.807) is 24.5 Å². The van der Waals surface area contributed by atoms with Gasteiger partial charge in [-0.05, 0) is 72.8 Å². The molecular weight excluding hydrogens is 503 g/mol. The molecule has 0 aliphatic heterocycles. The van der Waals surface area contributed by atoms with Crippen molar-refractivity contribution in [2.45, 2.75) is 62.8 Å². The van der Waals surface area contributed by atoms with Crippen LogP contribution in [0, 0.1) is 0 Å². The van der Waals surface area contributed by atoms with Gasteiger partial charge in [0.15, 0.2) is 5.60 Å². The molecule has 0 radical (unpaired) electrons. The normalized spacial score (nSPS) is 11.9. The summed E-state index contributed by atoms with van der Waals surface area (Å²) in [6.45, 7) is 6.26. The minimum Gasteiger partial charge on any atom is -0.479 e. The molecule has 10 heteroatoms. The Kier molecular flexibility index (Phi) is 9.56. The Bertz CT molecular complexity index is 1150. The zero-order valence-electron chi connectivity index (χ0n) is 21.0. The molecule has 1 heterocycles. The van der Waals surface area contributed by atoms with Crippen molar-refractivity contribution in [1.82, 2.24) is 9.97 Å². The smallest absolute Gasteiger partial charge is 0.446 e. The van der Waals surface area contributed by atoms with Gasteiger partial charge in [0.1, 0.15) is 0 Å². The first-order valence-electron chi connectivity index (χ1n) is 11.8. The molecule has 2 aromatic carbocycles. The van der Waals surface area contributed by atoms with Crippen molar-refractivity contribution >= 4 is 23.7 Å². The molecule has 37 heavy (non-hydrogen) atoms. The number of hydrogen-bond donors (Lipinski definition) is 1. The highest BCUT2D eigenvalue weighted by Crippen LogP contribution is 2.36. The Morgan fingerprint density at radius 1 is 0.946 bits per heavy atom. The second-order valence-electron chi connectivity index (χ2n) is 9.03. The largest absolute Gasteiger partial charge is 0.479 e. The monoisotopic (exact) mass is 533 g/mol. The van der Waals surface area contributed by atoms with Crippen LogP contribution in [0.4, 0.5) is 19.1 Å². The average molecular weight is 534 g/mol. The lowest BCUT2D eigenvalue weighted by atomic mass is 10.1. The van der Waals surface area contributed by atoms with E-state index in [0.29, 0.717) is 25.5 Å². The van der Waals surface area contributed by atoms with E-state index in [1.807, 2.05) is 36.1 Å². The van der Waals surface area contributed by atoms with Crippen LogP contribution in [-0.2, 0) is 35.5 Å². The lowest BCUT2D eigenvalue weighted by Crippen LogP contribution is -2.34. The van der Waals surface area contributed by atoms with Crippen LogP contribution in [0.25, 0.3) is 0 Å². The van der Waals surface area contributed by atoms with Gasteiger partial charge in [0.25, 0.3) is 0 Å². The highest BCUT2D eigenvalue weighted by Gasteiger charge is 2.29. The molecule has 1 aromatic heterocycles. The van der Waals surface area contributed by atoms with E-state index in [4.69, 9.17) is 4.74 Å². The summed E-state index contributed by atoms with van der Waals surface area (Å²) < 4.78 is 43.5. The number of carboxylic acids is 1. The molecule has 3 aromatic rings. The number of nitrogens with zero attached hydrogens (tertiary/aromatic N) is 3. The standard InChI is InChI=1S/C27H30F3N3O3S/c1-4-19-15-31-25(32-16-19)33(17-21-9-11-23(12-10-21)37-27(28,29)30)14-13-20-5-7-22(8-6-20)18-36-26(2,3)24(34)35/h5-12,15-16H,4,13-14,17-18H2,1-3H3,(H,34,35). The molecule has 1 N–H and O–H groups in total. The van der Waals surface area contributed by atoms with E-state index in [0.717, 1.165) is 28.7 Å². The third-order valence-electron chi connectivity index (χ3n) is 5.72. The number of rotatable bonds is 12. The number of aromatic nitrogens is 2. The minimum atomic E-state index is -4.32. The first kappa shape index (κ1) is 28.5. The van der Waals surface area contributed by atoms with E-state index in [-0.39, 0.29) is 23.3 Å². The van der Waals surface area contributed by atoms with Gasteiger partial charge in [0.2, 0.25) is 5.95 Å². The Labute approximate surface area is 218 Å². The van der Waals surface area contributed by atoms with Crippen LogP contribution < -0.4 is 4.90 Å². The van der Waals surface area contributed by atoms with Gasteiger partial charge in [0, 0.05) is 30.4 Å².